The van der Waals surface area contributed by atoms with E-state index in [4.69, 9.17) is 0 Å². The van der Waals surface area contributed by atoms with E-state index in [9.17, 15) is 0 Å². The van der Waals surface area contributed by atoms with Gasteiger partial charge in [0.2, 0.25) is 0 Å². The lowest BCUT2D eigenvalue weighted by atomic mass is 10.1. The van der Waals surface area contributed by atoms with Crippen molar-refractivity contribution in [1.29, 1.82) is 0 Å². The molecule has 0 amide bonds. The monoisotopic (exact) mass is 213 g/mol. The highest BCUT2D eigenvalue weighted by atomic mass is 32.2. The van der Waals surface area contributed by atoms with Crippen molar-refractivity contribution in [3.05, 3.63) is 21.9 Å². The molecule has 1 aromatic heterocycles. The highest BCUT2D eigenvalue weighted by Crippen LogP contribution is 2.39. The number of aryl methyl sites for hydroxylation is 1. The number of nitrogens with one attached hydrogen (secondary N) is 1. The largest absolute Gasteiger partial charge is 0.295 e. The maximum absolute atomic E-state index is 3.63. The summed E-state index contributed by atoms with van der Waals surface area (Å²) in [5, 5.41) is 4.16. The Kier molecular flexibility index (Phi) is 2.43. The normalized spacial score (nSPS) is 26.5. The first-order valence-corrected chi connectivity index (χ1v) is 6.39. The first kappa shape index (κ1) is 9.56. The second-order valence-electron chi connectivity index (χ2n) is 4.17. The van der Waals surface area contributed by atoms with E-state index in [2.05, 4.69) is 38.2 Å². The van der Waals surface area contributed by atoms with Crippen LogP contribution in [0.4, 0.5) is 0 Å². The van der Waals surface area contributed by atoms with Gasteiger partial charge in [-0.25, -0.2) is 0 Å². The summed E-state index contributed by atoms with van der Waals surface area (Å²) in [5.74, 6) is 1.20. The third-order valence-corrected chi connectivity index (χ3v) is 4.96. The molecule has 1 aliphatic heterocycles. The summed E-state index contributed by atoms with van der Waals surface area (Å²) < 4.78 is 0. The van der Waals surface area contributed by atoms with Crippen LogP contribution in [-0.2, 0) is 0 Å². The predicted molar refractivity (Wildman–Crippen MR) is 61.5 cm³/mol. The standard InChI is InChI=1S/C10H15NS2/c1-7-4-5-8(13-7)9-11-10(2,3)6-12-9/h4-5,9,11H,6H2,1-3H3. The van der Waals surface area contributed by atoms with Gasteiger partial charge in [0.05, 0.1) is 5.37 Å². The van der Waals surface area contributed by atoms with Crippen LogP contribution in [0.3, 0.4) is 0 Å². The van der Waals surface area contributed by atoms with Crippen LogP contribution in [0.15, 0.2) is 12.1 Å². The molecule has 1 atom stereocenters. The van der Waals surface area contributed by atoms with E-state index in [1.807, 2.05) is 23.1 Å². The van der Waals surface area contributed by atoms with E-state index in [1.54, 1.807) is 0 Å². The summed E-state index contributed by atoms with van der Waals surface area (Å²) in [6.45, 7) is 6.69. The minimum Gasteiger partial charge on any atom is -0.295 e. The molecule has 2 heterocycles. The molecule has 0 radical (unpaired) electrons. The molecule has 1 fully saturated rings. The van der Waals surface area contributed by atoms with Crippen molar-refractivity contribution in [3.8, 4) is 0 Å². The highest BCUT2D eigenvalue weighted by Gasteiger charge is 2.31. The Bertz CT molecular complexity index is 304. The molecule has 72 valence electrons. The van der Waals surface area contributed by atoms with E-state index >= 15 is 0 Å². The van der Waals surface area contributed by atoms with Crippen molar-refractivity contribution in [2.24, 2.45) is 0 Å². The van der Waals surface area contributed by atoms with Gasteiger partial charge in [-0.15, -0.1) is 23.1 Å². The molecule has 0 aromatic carbocycles. The first-order chi connectivity index (χ1) is 6.07. The van der Waals surface area contributed by atoms with Crippen LogP contribution in [0.5, 0.6) is 0 Å². The zero-order valence-corrected chi connectivity index (χ0v) is 9.89. The smallest absolute Gasteiger partial charge is 0.0887 e. The summed E-state index contributed by atoms with van der Waals surface area (Å²) in [4.78, 5) is 2.87. The van der Waals surface area contributed by atoms with E-state index in [-0.39, 0.29) is 0 Å². The summed E-state index contributed by atoms with van der Waals surface area (Å²) in [5.41, 5.74) is 0.299. The van der Waals surface area contributed by atoms with Gasteiger partial charge in [0.1, 0.15) is 0 Å². The fourth-order valence-corrected chi connectivity index (χ4v) is 3.95. The van der Waals surface area contributed by atoms with Crippen LogP contribution in [-0.4, -0.2) is 11.3 Å². The van der Waals surface area contributed by atoms with Gasteiger partial charge >= 0.3 is 0 Å². The quantitative estimate of drug-likeness (QED) is 0.769. The summed E-state index contributed by atoms with van der Waals surface area (Å²) in [6.07, 6.45) is 0. The zero-order chi connectivity index (χ0) is 9.47. The van der Waals surface area contributed by atoms with Crippen molar-refractivity contribution >= 4 is 23.1 Å². The number of rotatable bonds is 1. The first-order valence-electron chi connectivity index (χ1n) is 4.52. The predicted octanol–water partition coefficient (Wildman–Crippen LogP) is 3.17. The van der Waals surface area contributed by atoms with Crippen LogP contribution >= 0.6 is 23.1 Å². The lowest BCUT2D eigenvalue weighted by molar-refractivity contribution is 0.454. The van der Waals surface area contributed by atoms with Crippen molar-refractivity contribution in [2.45, 2.75) is 31.7 Å². The average Bonchev–Trinajstić information content (AvgIpc) is 2.56. The Morgan fingerprint density at radius 3 is 2.69 bits per heavy atom. The van der Waals surface area contributed by atoms with Crippen LogP contribution in [0.25, 0.3) is 0 Å². The van der Waals surface area contributed by atoms with Gasteiger partial charge in [0.25, 0.3) is 0 Å². The van der Waals surface area contributed by atoms with Gasteiger partial charge < -0.3 is 0 Å². The number of thioether (sulfide) groups is 1. The van der Waals surface area contributed by atoms with Crippen LogP contribution in [0.2, 0.25) is 0 Å². The molecule has 1 unspecified atom stereocenters. The molecular weight excluding hydrogens is 198 g/mol. The van der Waals surface area contributed by atoms with Crippen LogP contribution in [0, 0.1) is 6.92 Å². The van der Waals surface area contributed by atoms with E-state index < -0.39 is 0 Å². The second-order valence-corrected chi connectivity index (χ2v) is 6.58. The maximum atomic E-state index is 3.63. The van der Waals surface area contributed by atoms with E-state index in [0.717, 1.165) is 0 Å². The lowest BCUT2D eigenvalue weighted by Crippen LogP contribution is -2.35. The second kappa shape index (κ2) is 3.30. The van der Waals surface area contributed by atoms with Crippen molar-refractivity contribution in [3.63, 3.8) is 0 Å². The third-order valence-electron chi connectivity index (χ3n) is 2.15. The molecule has 0 spiro atoms. The molecule has 1 saturated heterocycles. The minimum atomic E-state index is 0.299. The molecular formula is C10H15NS2. The number of thiophene rings is 1. The van der Waals surface area contributed by atoms with E-state index in [0.29, 0.717) is 10.9 Å². The summed E-state index contributed by atoms with van der Waals surface area (Å²) in [7, 11) is 0. The van der Waals surface area contributed by atoms with Gasteiger partial charge in [0.15, 0.2) is 0 Å². The molecule has 1 N–H and O–H groups in total. The minimum absolute atomic E-state index is 0.299. The Balaban J connectivity index is 2.12. The highest BCUT2D eigenvalue weighted by molar-refractivity contribution is 7.99. The lowest BCUT2D eigenvalue weighted by Gasteiger charge is -2.17. The summed E-state index contributed by atoms with van der Waals surface area (Å²) in [6, 6.07) is 4.44. The molecule has 0 bridgehead atoms. The van der Waals surface area contributed by atoms with Gasteiger partial charge in [-0.05, 0) is 32.9 Å². The Morgan fingerprint density at radius 1 is 1.46 bits per heavy atom. The van der Waals surface area contributed by atoms with Crippen molar-refractivity contribution < 1.29 is 0 Å². The Hall–Kier alpha value is 0.01000. The molecule has 1 aromatic rings. The SMILES string of the molecule is Cc1ccc(C2NC(C)(C)CS2)s1. The molecule has 0 aliphatic carbocycles. The van der Waals surface area contributed by atoms with Gasteiger partial charge in [-0.1, -0.05) is 0 Å². The van der Waals surface area contributed by atoms with E-state index in [1.165, 1.54) is 15.5 Å². The van der Waals surface area contributed by atoms with Gasteiger partial charge in [-0.3, -0.25) is 5.32 Å². The zero-order valence-electron chi connectivity index (χ0n) is 8.26. The fraction of sp³-hybridized carbons (Fsp3) is 0.600. The van der Waals surface area contributed by atoms with Crippen LogP contribution < -0.4 is 5.32 Å². The molecule has 13 heavy (non-hydrogen) atoms. The Morgan fingerprint density at radius 2 is 2.23 bits per heavy atom. The van der Waals surface area contributed by atoms with Gasteiger partial charge in [-0.2, -0.15) is 0 Å². The topological polar surface area (TPSA) is 12.0 Å². The number of hydrogen-bond acceptors (Lipinski definition) is 3. The molecule has 0 saturated carbocycles. The van der Waals surface area contributed by atoms with Crippen molar-refractivity contribution in [1.82, 2.24) is 5.32 Å². The fourth-order valence-electron chi connectivity index (χ4n) is 1.48. The summed E-state index contributed by atoms with van der Waals surface area (Å²) >= 11 is 3.92. The average molecular weight is 213 g/mol. The number of hydrogen-bond donors (Lipinski definition) is 1. The molecule has 3 heteroatoms. The third kappa shape index (κ3) is 2.09. The van der Waals surface area contributed by atoms with Crippen LogP contribution in [0.1, 0.15) is 29.0 Å². The Labute approximate surface area is 87.9 Å². The molecule has 2 rings (SSSR count). The maximum Gasteiger partial charge on any atom is 0.0887 e. The molecule has 1 aliphatic rings. The molecule has 1 nitrogen and oxygen atoms in total. The van der Waals surface area contributed by atoms with Gasteiger partial charge in [0, 0.05) is 21.0 Å². The van der Waals surface area contributed by atoms with Crippen molar-refractivity contribution in [2.75, 3.05) is 5.75 Å².